The standard InChI is InChI=1S/C32H36F2N8O3/c1-39-42-30(44-23-9-5-8-22(17-23)40-32(37)38)27(33)26(20-12-14-41(15-13-20)18-19-6-3-2-4-7-19)28(34)31(42)45-25-16-21(29(35)36)10-11-24(25)43/h2-11,16-17,20,31,39,43H,12-15,18H2,1H3,(H3,35,36)(H4,37,38,40). The lowest BCUT2D eigenvalue weighted by Gasteiger charge is -2.39. The van der Waals surface area contributed by atoms with Gasteiger partial charge >= 0.3 is 0 Å². The number of likely N-dealkylation sites (tertiary alicyclic amines) is 1. The molecule has 236 valence electrons. The number of nitrogens with zero attached hydrogens (tertiary/aromatic N) is 3. The number of aliphatic imine (C=N–C) groups is 1. The number of ether oxygens (including phenoxy) is 2. The summed E-state index contributed by atoms with van der Waals surface area (Å²) in [7, 11) is 1.45. The van der Waals surface area contributed by atoms with Crippen molar-refractivity contribution in [1.82, 2.24) is 15.3 Å². The van der Waals surface area contributed by atoms with Gasteiger partial charge in [0.2, 0.25) is 6.23 Å². The molecule has 1 saturated heterocycles. The van der Waals surface area contributed by atoms with Crippen LogP contribution in [0.3, 0.4) is 0 Å². The smallest absolute Gasteiger partial charge is 0.250 e. The maximum Gasteiger partial charge on any atom is 0.250 e. The second-order valence-electron chi connectivity index (χ2n) is 10.7. The number of benzene rings is 3. The molecule has 1 fully saturated rings. The number of allylic oxidation sites excluding steroid dienone is 2. The average Bonchev–Trinajstić information content (AvgIpc) is 3.01. The molecule has 0 spiro atoms. The number of phenols is 1. The molecule has 45 heavy (non-hydrogen) atoms. The number of halogens is 2. The lowest BCUT2D eigenvalue weighted by atomic mass is 9.86. The van der Waals surface area contributed by atoms with Gasteiger partial charge in [-0.1, -0.05) is 36.4 Å². The number of hydrogen-bond acceptors (Lipinski definition) is 8. The van der Waals surface area contributed by atoms with Crippen LogP contribution in [0.5, 0.6) is 17.2 Å². The number of amidine groups is 1. The van der Waals surface area contributed by atoms with Crippen molar-refractivity contribution in [3.63, 3.8) is 0 Å². The molecule has 0 aromatic heterocycles. The summed E-state index contributed by atoms with van der Waals surface area (Å²) in [6.45, 7) is 1.99. The summed E-state index contributed by atoms with van der Waals surface area (Å²) >= 11 is 0. The Kier molecular flexibility index (Phi) is 9.50. The van der Waals surface area contributed by atoms with Gasteiger partial charge in [0.1, 0.15) is 11.6 Å². The third kappa shape index (κ3) is 7.16. The van der Waals surface area contributed by atoms with E-state index in [1.807, 2.05) is 18.2 Å². The average molecular weight is 619 g/mol. The van der Waals surface area contributed by atoms with Crippen LogP contribution in [0.4, 0.5) is 14.5 Å². The fourth-order valence-corrected chi connectivity index (χ4v) is 5.47. The zero-order valence-corrected chi connectivity index (χ0v) is 24.7. The molecular weight excluding hydrogens is 582 g/mol. The molecule has 3 aromatic rings. The molecular formula is C32H36F2N8O3. The van der Waals surface area contributed by atoms with Gasteiger partial charge in [0.25, 0.3) is 5.88 Å². The zero-order valence-electron chi connectivity index (χ0n) is 24.7. The van der Waals surface area contributed by atoms with Gasteiger partial charge < -0.3 is 31.8 Å². The van der Waals surface area contributed by atoms with Crippen LogP contribution in [-0.4, -0.2) is 53.2 Å². The van der Waals surface area contributed by atoms with Crippen LogP contribution in [0.15, 0.2) is 101 Å². The molecule has 1 atom stereocenters. The molecule has 13 heteroatoms. The van der Waals surface area contributed by atoms with E-state index in [1.54, 1.807) is 18.2 Å². The molecule has 0 radical (unpaired) electrons. The summed E-state index contributed by atoms with van der Waals surface area (Å²) in [5, 5.41) is 19.4. The Bertz CT molecular complexity index is 1630. The van der Waals surface area contributed by atoms with Crippen LogP contribution in [0.1, 0.15) is 24.0 Å². The molecule has 0 bridgehead atoms. The second-order valence-corrected chi connectivity index (χ2v) is 10.7. The maximum atomic E-state index is 16.6. The van der Waals surface area contributed by atoms with Crippen LogP contribution in [0.25, 0.3) is 0 Å². The summed E-state index contributed by atoms with van der Waals surface area (Å²) < 4.78 is 45.1. The molecule has 9 N–H and O–H groups in total. The predicted octanol–water partition coefficient (Wildman–Crippen LogP) is 4.09. The summed E-state index contributed by atoms with van der Waals surface area (Å²) in [5.74, 6) is -3.33. The van der Waals surface area contributed by atoms with Crippen molar-refractivity contribution in [2.75, 3.05) is 20.1 Å². The van der Waals surface area contributed by atoms with E-state index in [2.05, 4.69) is 27.5 Å². The number of piperidine rings is 1. The number of nitrogen functional groups attached to an aromatic ring is 1. The van der Waals surface area contributed by atoms with Crippen molar-refractivity contribution in [2.24, 2.45) is 28.1 Å². The van der Waals surface area contributed by atoms with Gasteiger partial charge in [-0.3, -0.25) is 10.3 Å². The van der Waals surface area contributed by atoms with Crippen molar-refractivity contribution in [2.45, 2.75) is 25.6 Å². The van der Waals surface area contributed by atoms with E-state index in [9.17, 15) is 5.11 Å². The van der Waals surface area contributed by atoms with E-state index in [4.69, 9.17) is 32.1 Å². The van der Waals surface area contributed by atoms with Crippen LogP contribution in [-0.2, 0) is 6.54 Å². The van der Waals surface area contributed by atoms with Crippen LogP contribution >= 0.6 is 0 Å². The summed E-state index contributed by atoms with van der Waals surface area (Å²) in [5.41, 5.74) is 21.0. The number of nitrogens with one attached hydrogen (secondary N) is 2. The molecule has 2 aliphatic rings. The minimum Gasteiger partial charge on any atom is -0.504 e. The van der Waals surface area contributed by atoms with E-state index >= 15 is 8.78 Å². The SMILES string of the molecule is CNN1C(Oc2cccc(N=C(N)N)c2)=C(F)C(C2CCN(Cc3ccccc3)CC2)=C(F)C1Oc1cc(C(=N)N)ccc1O. The number of phenolic OH excluding ortho intramolecular Hbond substituents is 1. The Morgan fingerprint density at radius 3 is 2.42 bits per heavy atom. The van der Waals surface area contributed by atoms with Gasteiger partial charge in [-0.15, -0.1) is 0 Å². The third-order valence-corrected chi connectivity index (χ3v) is 7.64. The van der Waals surface area contributed by atoms with Gasteiger partial charge in [0, 0.05) is 30.8 Å². The van der Waals surface area contributed by atoms with E-state index in [0.29, 0.717) is 31.6 Å². The van der Waals surface area contributed by atoms with E-state index in [-0.39, 0.29) is 46.1 Å². The van der Waals surface area contributed by atoms with Crippen molar-refractivity contribution in [3.8, 4) is 17.2 Å². The summed E-state index contributed by atoms with van der Waals surface area (Å²) in [6, 6.07) is 20.4. The topological polar surface area (TPSA) is 171 Å². The Labute approximate surface area is 259 Å². The molecule has 3 aromatic carbocycles. The van der Waals surface area contributed by atoms with Crippen LogP contribution in [0.2, 0.25) is 0 Å². The van der Waals surface area contributed by atoms with Crippen LogP contribution < -0.4 is 32.1 Å². The van der Waals surface area contributed by atoms with Crippen molar-refractivity contribution in [1.29, 1.82) is 5.41 Å². The Balaban J connectivity index is 1.50. The zero-order chi connectivity index (χ0) is 32.1. The molecule has 5 rings (SSSR count). The Hall–Kier alpha value is -5.14. The number of hydrazine groups is 1. The molecule has 11 nitrogen and oxygen atoms in total. The first-order valence-corrected chi connectivity index (χ1v) is 14.4. The molecule has 1 unspecified atom stereocenters. The van der Waals surface area contributed by atoms with E-state index < -0.39 is 23.8 Å². The lowest BCUT2D eigenvalue weighted by Crippen LogP contribution is -2.51. The van der Waals surface area contributed by atoms with Crippen LogP contribution in [0, 0.1) is 11.3 Å². The van der Waals surface area contributed by atoms with Gasteiger partial charge in [-0.05, 0) is 67.7 Å². The fraction of sp³-hybridized carbons (Fsp3) is 0.250. The van der Waals surface area contributed by atoms with Crippen molar-refractivity contribution in [3.05, 3.63) is 107 Å². The third-order valence-electron chi connectivity index (χ3n) is 7.64. The normalized spacial score (nSPS) is 17.8. The van der Waals surface area contributed by atoms with Crippen molar-refractivity contribution < 1.29 is 23.4 Å². The Morgan fingerprint density at radius 2 is 1.76 bits per heavy atom. The molecule has 2 heterocycles. The lowest BCUT2D eigenvalue weighted by molar-refractivity contribution is -0.0109. The Morgan fingerprint density at radius 1 is 1.02 bits per heavy atom. The first-order chi connectivity index (χ1) is 21.6. The summed E-state index contributed by atoms with van der Waals surface area (Å²) in [6.07, 6.45) is -0.600. The maximum absolute atomic E-state index is 16.6. The highest BCUT2D eigenvalue weighted by Gasteiger charge is 2.43. The first-order valence-electron chi connectivity index (χ1n) is 14.4. The van der Waals surface area contributed by atoms with E-state index in [0.717, 1.165) is 17.1 Å². The molecule has 2 aliphatic heterocycles. The highest BCUT2D eigenvalue weighted by atomic mass is 19.1. The number of aromatic hydroxyl groups is 1. The molecule has 0 saturated carbocycles. The van der Waals surface area contributed by atoms with Gasteiger partial charge in [-0.25, -0.2) is 24.2 Å². The first kappa shape index (κ1) is 31.3. The second kappa shape index (κ2) is 13.7. The summed E-state index contributed by atoms with van der Waals surface area (Å²) in [4.78, 5) is 6.26. The van der Waals surface area contributed by atoms with Crippen molar-refractivity contribution >= 4 is 17.5 Å². The number of guanidine groups is 1. The number of hydrogen-bond donors (Lipinski definition) is 6. The monoisotopic (exact) mass is 618 g/mol. The quantitative estimate of drug-likeness (QED) is 0.145. The van der Waals surface area contributed by atoms with Gasteiger partial charge in [0.05, 0.1) is 5.69 Å². The molecule has 0 amide bonds. The fourth-order valence-electron chi connectivity index (χ4n) is 5.47. The van der Waals surface area contributed by atoms with Gasteiger partial charge in [-0.2, -0.15) is 0 Å². The largest absolute Gasteiger partial charge is 0.504 e. The predicted molar refractivity (Wildman–Crippen MR) is 168 cm³/mol. The number of rotatable bonds is 10. The highest BCUT2D eigenvalue weighted by molar-refractivity contribution is 5.95. The van der Waals surface area contributed by atoms with Gasteiger partial charge in [0.15, 0.2) is 29.1 Å². The minimum atomic E-state index is -1.59. The number of nitrogens with two attached hydrogens (primary N) is 3. The van der Waals surface area contributed by atoms with E-state index in [1.165, 1.54) is 31.3 Å². The minimum absolute atomic E-state index is 0.156. The highest BCUT2D eigenvalue weighted by Crippen LogP contribution is 2.43. The molecule has 0 aliphatic carbocycles.